The predicted octanol–water partition coefficient (Wildman–Crippen LogP) is 2.84. The van der Waals surface area contributed by atoms with Gasteiger partial charge in [0.1, 0.15) is 0 Å². The number of hydrogen-bond acceptors (Lipinski definition) is 2. The van der Waals surface area contributed by atoms with E-state index in [2.05, 4.69) is 10.3 Å². The van der Waals surface area contributed by atoms with E-state index in [1.54, 1.807) is 4.90 Å². The van der Waals surface area contributed by atoms with E-state index in [0.717, 1.165) is 24.8 Å². The molecule has 0 radical (unpaired) electrons. The van der Waals surface area contributed by atoms with Crippen molar-refractivity contribution in [3.8, 4) is 0 Å². The number of nitrogens with one attached hydrogen (secondary N) is 1. The molecule has 1 aliphatic heterocycles. The number of pyridine rings is 1. The average Bonchev–Trinajstić information content (AvgIpc) is 2.37. The molecule has 1 fully saturated rings. The number of alkyl halides is 3. The van der Waals surface area contributed by atoms with Gasteiger partial charge in [0, 0.05) is 36.9 Å². The van der Waals surface area contributed by atoms with Crippen molar-refractivity contribution in [3.63, 3.8) is 0 Å². The minimum Gasteiger partial charge on any atom is -0.338 e. The van der Waals surface area contributed by atoms with E-state index < -0.39 is 11.7 Å². The van der Waals surface area contributed by atoms with Crippen LogP contribution in [0.25, 0.3) is 0 Å². The second-order valence-electron chi connectivity index (χ2n) is 5.73. The van der Waals surface area contributed by atoms with Crippen molar-refractivity contribution in [2.45, 2.75) is 38.4 Å². The predicted molar refractivity (Wildman–Crippen MR) is 71.7 cm³/mol. The van der Waals surface area contributed by atoms with Gasteiger partial charge >= 0.3 is 12.2 Å². The van der Waals surface area contributed by atoms with E-state index in [4.69, 9.17) is 0 Å². The zero-order valence-corrected chi connectivity index (χ0v) is 12.0. The maximum Gasteiger partial charge on any atom is 0.416 e. The quantitative estimate of drug-likeness (QED) is 0.933. The van der Waals surface area contributed by atoms with Crippen LogP contribution in [0.3, 0.4) is 0 Å². The summed E-state index contributed by atoms with van der Waals surface area (Å²) in [7, 11) is 0. The lowest BCUT2D eigenvalue weighted by Crippen LogP contribution is -2.61. The normalized spacial score (nSPS) is 17.3. The van der Waals surface area contributed by atoms with Crippen LogP contribution in [0.4, 0.5) is 18.0 Å². The molecule has 2 amide bonds. The van der Waals surface area contributed by atoms with Crippen LogP contribution in [0, 0.1) is 0 Å². The van der Waals surface area contributed by atoms with Crippen LogP contribution in [0.2, 0.25) is 0 Å². The molecular weight excluding hydrogens is 283 g/mol. The van der Waals surface area contributed by atoms with E-state index >= 15 is 0 Å². The number of amides is 2. The number of carbonyl (C=O) groups is 1. The summed E-state index contributed by atoms with van der Waals surface area (Å²) in [5.74, 6) is 0. The third-order valence-electron chi connectivity index (χ3n) is 3.72. The minimum atomic E-state index is -4.37. The molecule has 21 heavy (non-hydrogen) atoms. The fourth-order valence-electron chi connectivity index (χ4n) is 2.23. The van der Waals surface area contributed by atoms with Crippen molar-refractivity contribution in [1.82, 2.24) is 15.2 Å². The van der Waals surface area contributed by atoms with Crippen molar-refractivity contribution in [2.24, 2.45) is 0 Å². The standard InChI is InChI=1S/C14H18F3N3O/c1-13(2)5-8-20(13)12(21)19-7-4-11-9-10(3-6-18-11)14(15,16)17/h3,6,9H,4-5,7-8H2,1-2H3,(H,19,21). The largest absolute Gasteiger partial charge is 0.416 e. The van der Waals surface area contributed by atoms with Gasteiger partial charge in [-0.25, -0.2) is 4.79 Å². The molecule has 116 valence electrons. The molecule has 4 nitrogen and oxygen atoms in total. The Morgan fingerprint density at radius 1 is 1.48 bits per heavy atom. The number of aromatic nitrogens is 1. The number of carbonyl (C=O) groups excluding carboxylic acids is 1. The molecule has 0 aliphatic carbocycles. The van der Waals surface area contributed by atoms with Gasteiger partial charge in [-0.15, -0.1) is 0 Å². The fourth-order valence-corrected chi connectivity index (χ4v) is 2.23. The molecule has 1 aliphatic rings. The van der Waals surface area contributed by atoms with E-state index in [-0.39, 0.29) is 24.5 Å². The summed E-state index contributed by atoms with van der Waals surface area (Å²) in [5, 5.41) is 2.71. The van der Waals surface area contributed by atoms with Gasteiger partial charge in [0.05, 0.1) is 5.56 Å². The number of rotatable bonds is 3. The van der Waals surface area contributed by atoms with Crippen LogP contribution in [-0.4, -0.2) is 34.5 Å². The van der Waals surface area contributed by atoms with Gasteiger partial charge in [-0.2, -0.15) is 13.2 Å². The highest BCUT2D eigenvalue weighted by molar-refractivity contribution is 5.76. The zero-order valence-electron chi connectivity index (χ0n) is 12.0. The topological polar surface area (TPSA) is 45.2 Å². The van der Waals surface area contributed by atoms with Crippen LogP contribution in [0.5, 0.6) is 0 Å². The molecule has 1 saturated heterocycles. The Morgan fingerprint density at radius 3 is 2.71 bits per heavy atom. The van der Waals surface area contributed by atoms with Crippen LogP contribution in [0.15, 0.2) is 18.3 Å². The van der Waals surface area contributed by atoms with Gasteiger partial charge in [0.25, 0.3) is 0 Å². The fraction of sp³-hybridized carbons (Fsp3) is 0.571. The molecule has 0 saturated carbocycles. The molecule has 0 unspecified atom stereocenters. The number of urea groups is 1. The Bertz CT molecular complexity index is 528. The molecule has 0 aromatic carbocycles. The molecular formula is C14H18F3N3O. The second kappa shape index (κ2) is 5.54. The molecule has 0 spiro atoms. The summed E-state index contributed by atoms with van der Waals surface area (Å²) in [6, 6.07) is 1.77. The lowest BCUT2D eigenvalue weighted by atomic mass is 9.89. The first-order valence-corrected chi connectivity index (χ1v) is 6.78. The Labute approximate surface area is 121 Å². The first-order chi connectivity index (χ1) is 9.70. The van der Waals surface area contributed by atoms with Gasteiger partial charge in [-0.05, 0) is 32.4 Å². The Kier molecular flexibility index (Phi) is 4.11. The zero-order chi connectivity index (χ0) is 15.7. The summed E-state index contributed by atoms with van der Waals surface area (Å²) < 4.78 is 37.7. The third-order valence-corrected chi connectivity index (χ3v) is 3.72. The lowest BCUT2D eigenvalue weighted by Gasteiger charge is -2.48. The second-order valence-corrected chi connectivity index (χ2v) is 5.73. The summed E-state index contributed by atoms with van der Waals surface area (Å²) in [6.07, 6.45) is -2.01. The molecule has 2 heterocycles. The van der Waals surface area contributed by atoms with E-state index in [1.807, 2.05) is 13.8 Å². The van der Waals surface area contributed by atoms with Crippen molar-refractivity contribution < 1.29 is 18.0 Å². The number of hydrogen-bond donors (Lipinski definition) is 1. The summed E-state index contributed by atoms with van der Waals surface area (Å²) in [4.78, 5) is 17.5. The highest BCUT2D eigenvalue weighted by atomic mass is 19.4. The smallest absolute Gasteiger partial charge is 0.338 e. The maximum absolute atomic E-state index is 12.6. The third kappa shape index (κ3) is 3.65. The molecule has 7 heteroatoms. The summed E-state index contributed by atoms with van der Waals surface area (Å²) in [6.45, 7) is 4.93. The lowest BCUT2D eigenvalue weighted by molar-refractivity contribution is -0.137. The highest BCUT2D eigenvalue weighted by Crippen LogP contribution is 2.29. The van der Waals surface area contributed by atoms with Crippen LogP contribution in [0.1, 0.15) is 31.5 Å². The monoisotopic (exact) mass is 301 g/mol. The molecule has 1 N–H and O–H groups in total. The van der Waals surface area contributed by atoms with E-state index in [9.17, 15) is 18.0 Å². The van der Waals surface area contributed by atoms with Crippen molar-refractivity contribution in [3.05, 3.63) is 29.6 Å². The van der Waals surface area contributed by atoms with Crippen molar-refractivity contribution in [1.29, 1.82) is 0 Å². The highest BCUT2D eigenvalue weighted by Gasteiger charge is 2.39. The van der Waals surface area contributed by atoms with Gasteiger partial charge < -0.3 is 10.2 Å². The van der Waals surface area contributed by atoms with Crippen LogP contribution < -0.4 is 5.32 Å². The summed E-state index contributed by atoms with van der Waals surface area (Å²) >= 11 is 0. The Hall–Kier alpha value is -1.79. The van der Waals surface area contributed by atoms with Crippen LogP contribution in [-0.2, 0) is 12.6 Å². The molecule has 2 rings (SSSR count). The van der Waals surface area contributed by atoms with Crippen molar-refractivity contribution in [2.75, 3.05) is 13.1 Å². The number of nitrogens with zero attached hydrogens (tertiary/aromatic N) is 2. The molecule has 0 bridgehead atoms. The maximum atomic E-state index is 12.6. The van der Waals surface area contributed by atoms with Gasteiger partial charge in [0.15, 0.2) is 0 Å². The summed E-state index contributed by atoms with van der Waals surface area (Å²) in [5.41, 5.74) is -0.547. The number of likely N-dealkylation sites (tertiary alicyclic amines) is 1. The molecule has 1 aromatic heterocycles. The molecule has 1 aromatic rings. The van der Waals surface area contributed by atoms with Gasteiger partial charge in [-0.3, -0.25) is 4.98 Å². The Balaban J connectivity index is 1.85. The minimum absolute atomic E-state index is 0.140. The molecule has 0 atom stereocenters. The van der Waals surface area contributed by atoms with E-state index in [1.165, 1.54) is 0 Å². The SMILES string of the molecule is CC1(C)CCN1C(=O)NCCc1cc(C(F)(F)F)ccn1. The Morgan fingerprint density at radius 2 is 2.19 bits per heavy atom. The van der Waals surface area contributed by atoms with Crippen molar-refractivity contribution >= 4 is 6.03 Å². The van der Waals surface area contributed by atoms with Crippen LogP contribution >= 0.6 is 0 Å². The first-order valence-electron chi connectivity index (χ1n) is 6.78. The first kappa shape index (κ1) is 15.6. The average molecular weight is 301 g/mol. The number of halogens is 3. The van der Waals surface area contributed by atoms with E-state index in [0.29, 0.717) is 12.2 Å². The van der Waals surface area contributed by atoms with Gasteiger partial charge in [0.2, 0.25) is 0 Å². The van der Waals surface area contributed by atoms with Gasteiger partial charge in [-0.1, -0.05) is 0 Å².